The van der Waals surface area contributed by atoms with Gasteiger partial charge in [0.2, 0.25) is 0 Å². The lowest BCUT2D eigenvalue weighted by molar-refractivity contribution is 0.0950. The molecule has 1 atom stereocenters. The van der Waals surface area contributed by atoms with Gasteiger partial charge in [-0.3, -0.25) is 9.89 Å². The molecule has 124 valence electrons. The van der Waals surface area contributed by atoms with E-state index >= 15 is 0 Å². The van der Waals surface area contributed by atoms with E-state index in [0.717, 1.165) is 11.4 Å². The van der Waals surface area contributed by atoms with Gasteiger partial charge in [-0.1, -0.05) is 12.1 Å². The van der Waals surface area contributed by atoms with Crippen LogP contribution in [0.2, 0.25) is 0 Å². The van der Waals surface area contributed by atoms with Crippen LogP contribution >= 0.6 is 12.4 Å². The number of aromatic amines is 1. The average Bonchev–Trinajstić information content (AvgIpc) is 3.29. The third kappa shape index (κ3) is 4.30. The summed E-state index contributed by atoms with van der Waals surface area (Å²) in [4.78, 5) is 16.6. The first-order valence-corrected chi connectivity index (χ1v) is 7.65. The summed E-state index contributed by atoms with van der Waals surface area (Å²) in [5.41, 5.74) is 1.56. The molecular weight excluding hydrogens is 314 g/mol. The van der Waals surface area contributed by atoms with Crippen LogP contribution in [0.3, 0.4) is 0 Å². The van der Waals surface area contributed by atoms with Crippen LogP contribution in [0.1, 0.15) is 41.9 Å². The number of amides is 1. The second-order valence-electron chi connectivity index (χ2n) is 5.80. The minimum atomic E-state index is -0.0673. The number of carbonyl (C=O) groups is 1. The fraction of sp³-hybridized carbons (Fsp3) is 0.438. The Morgan fingerprint density at radius 2 is 2.04 bits per heavy atom. The molecule has 1 saturated carbocycles. The summed E-state index contributed by atoms with van der Waals surface area (Å²) in [5, 5.41) is 13.2. The van der Waals surface area contributed by atoms with Gasteiger partial charge in [-0.25, -0.2) is 4.98 Å². The molecule has 3 rings (SSSR count). The SMILES string of the molecule is CNC(C)CNC(=O)c1ccc(-c2n[nH]c(C3CC3)n2)cc1.Cl. The maximum absolute atomic E-state index is 12.0. The van der Waals surface area contributed by atoms with Crippen molar-refractivity contribution in [3.63, 3.8) is 0 Å². The Morgan fingerprint density at radius 1 is 1.35 bits per heavy atom. The molecule has 2 aromatic rings. The molecule has 1 aromatic carbocycles. The number of H-pyrrole nitrogens is 1. The number of hydrogen-bond acceptors (Lipinski definition) is 4. The Balaban J connectivity index is 0.00000192. The summed E-state index contributed by atoms with van der Waals surface area (Å²) >= 11 is 0. The normalized spacial score (nSPS) is 14.9. The minimum Gasteiger partial charge on any atom is -0.350 e. The summed E-state index contributed by atoms with van der Waals surface area (Å²) in [6.07, 6.45) is 2.39. The number of halogens is 1. The van der Waals surface area contributed by atoms with Crippen molar-refractivity contribution in [3.05, 3.63) is 35.7 Å². The highest BCUT2D eigenvalue weighted by atomic mass is 35.5. The number of nitrogens with zero attached hydrogens (tertiary/aromatic N) is 2. The van der Waals surface area contributed by atoms with Crippen LogP contribution in [0.25, 0.3) is 11.4 Å². The topological polar surface area (TPSA) is 82.7 Å². The number of rotatable bonds is 6. The molecule has 1 aliphatic carbocycles. The van der Waals surface area contributed by atoms with Gasteiger partial charge in [0.15, 0.2) is 5.82 Å². The smallest absolute Gasteiger partial charge is 0.251 e. The predicted molar refractivity (Wildman–Crippen MR) is 91.9 cm³/mol. The molecule has 0 bridgehead atoms. The molecule has 1 aliphatic rings. The molecule has 7 heteroatoms. The van der Waals surface area contributed by atoms with Crippen molar-refractivity contribution in [2.45, 2.75) is 31.7 Å². The van der Waals surface area contributed by atoms with Crippen molar-refractivity contribution in [2.75, 3.05) is 13.6 Å². The van der Waals surface area contributed by atoms with Gasteiger partial charge in [-0.05, 0) is 38.9 Å². The van der Waals surface area contributed by atoms with E-state index in [4.69, 9.17) is 0 Å². The minimum absolute atomic E-state index is 0. The molecule has 1 amide bonds. The van der Waals surface area contributed by atoms with E-state index in [9.17, 15) is 4.79 Å². The summed E-state index contributed by atoms with van der Waals surface area (Å²) in [6.45, 7) is 2.62. The summed E-state index contributed by atoms with van der Waals surface area (Å²) in [5.74, 6) is 2.15. The number of nitrogens with one attached hydrogen (secondary N) is 3. The van der Waals surface area contributed by atoms with Crippen LogP contribution in [-0.4, -0.2) is 40.7 Å². The fourth-order valence-electron chi connectivity index (χ4n) is 2.16. The molecule has 6 nitrogen and oxygen atoms in total. The van der Waals surface area contributed by atoms with Gasteiger partial charge in [-0.15, -0.1) is 12.4 Å². The van der Waals surface area contributed by atoms with E-state index in [1.165, 1.54) is 12.8 Å². The lowest BCUT2D eigenvalue weighted by Gasteiger charge is -2.11. The average molecular weight is 336 g/mol. The zero-order valence-corrected chi connectivity index (χ0v) is 14.1. The second kappa shape index (κ2) is 7.57. The van der Waals surface area contributed by atoms with Crippen molar-refractivity contribution >= 4 is 18.3 Å². The van der Waals surface area contributed by atoms with Crippen LogP contribution in [0, 0.1) is 0 Å². The van der Waals surface area contributed by atoms with Crippen molar-refractivity contribution in [3.8, 4) is 11.4 Å². The Hall–Kier alpha value is -1.92. The van der Waals surface area contributed by atoms with Gasteiger partial charge in [-0.2, -0.15) is 5.10 Å². The van der Waals surface area contributed by atoms with Crippen LogP contribution in [0.4, 0.5) is 0 Å². The van der Waals surface area contributed by atoms with E-state index < -0.39 is 0 Å². The summed E-state index contributed by atoms with van der Waals surface area (Å²) < 4.78 is 0. The zero-order chi connectivity index (χ0) is 15.5. The zero-order valence-electron chi connectivity index (χ0n) is 13.3. The molecule has 23 heavy (non-hydrogen) atoms. The Morgan fingerprint density at radius 3 is 2.65 bits per heavy atom. The van der Waals surface area contributed by atoms with Crippen LogP contribution in [0.5, 0.6) is 0 Å². The first kappa shape index (κ1) is 17.4. The van der Waals surface area contributed by atoms with Gasteiger partial charge in [0, 0.05) is 29.6 Å². The Kier molecular flexibility index (Phi) is 5.74. The first-order chi connectivity index (χ1) is 10.7. The van der Waals surface area contributed by atoms with Crippen LogP contribution in [-0.2, 0) is 0 Å². The number of hydrogen-bond donors (Lipinski definition) is 3. The highest BCUT2D eigenvalue weighted by Crippen LogP contribution is 2.38. The number of likely N-dealkylation sites (N-methyl/N-ethyl adjacent to an activating group) is 1. The number of benzene rings is 1. The monoisotopic (exact) mass is 335 g/mol. The highest BCUT2D eigenvalue weighted by molar-refractivity contribution is 5.94. The quantitative estimate of drug-likeness (QED) is 0.755. The van der Waals surface area contributed by atoms with Crippen LogP contribution in [0.15, 0.2) is 24.3 Å². The van der Waals surface area contributed by atoms with Gasteiger partial charge in [0.05, 0.1) is 0 Å². The molecule has 3 N–H and O–H groups in total. The third-order valence-corrected chi connectivity index (χ3v) is 3.93. The molecule has 0 aliphatic heterocycles. The highest BCUT2D eigenvalue weighted by Gasteiger charge is 2.27. The molecule has 0 spiro atoms. The largest absolute Gasteiger partial charge is 0.350 e. The van der Waals surface area contributed by atoms with Crippen LogP contribution < -0.4 is 10.6 Å². The maximum atomic E-state index is 12.0. The fourth-order valence-corrected chi connectivity index (χ4v) is 2.16. The van der Waals surface area contributed by atoms with E-state index in [1.54, 1.807) is 0 Å². The first-order valence-electron chi connectivity index (χ1n) is 7.65. The Labute approximate surface area is 141 Å². The van der Waals surface area contributed by atoms with Crippen molar-refractivity contribution in [2.24, 2.45) is 0 Å². The lowest BCUT2D eigenvalue weighted by atomic mass is 10.1. The van der Waals surface area contributed by atoms with Gasteiger partial charge in [0.25, 0.3) is 5.91 Å². The molecule has 1 unspecified atom stereocenters. The summed E-state index contributed by atoms with van der Waals surface area (Å²) in [7, 11) is 1.87. The molecule has 0 radical (unpaired) electrons. The van der Waals surface area contributed by atoms with Gasteiger partial charge < -0.3 is 10.6 Å². The number of aromatic nitrogens is 3. The van der Waals surface area contributed by atoms with Gasteiger partial charge in [0.1, 0.15) is 5.82 Å². The lowest BCUT2D eigenvalue weighted by Crippen LogP contribution is -2.37. The van der Waals surface area contributed by atoms with E-state index in [0.29, 0.717) is 23.9 Å². The van der Waals surface area contributed by atoms with Crippen molar-refractivity contribution in [1.29, 1.82) is 0 Å². The number of carbonyl (C=O) groups excluding carboxylic acids is 1. The molecule has 1 heterocycles. The van der Waals surface area contributed by atoms with Crippen molar-refractivity contribution in [1.82, 2.24) is 25.8 Å². The van der Waals surface area contributed by atoms with E-state index in [-0.39, 0.29) is 24.4 Å². The third-order valence-electron chi connectivity index (χ3n) is 3.93. The standard InChI is InChI=1S/C16H21N5O.ClH/c1-10(17-2)9-18-16(22)13-7-5-12(6-8-13)15-19-14(20-21-15)11-3-4-11;/h5-8,10-11,17H,3-4,9H2,1-2H3,(H,18,22)(H,19,20,21);1H. The van der Waals surface area contributed by atoms with E-state index in [2.05, 4.69) is 25.8 Å². The maximum Gasteiger partial charge on any atom is 0.251 e. The van der Waals surface area contributed by atoms with Crippen molar-refractivity contribution < 1.29 is 4.79 Å². The molecule has 0 saturated heterocycles. The summed E-state index contributed by atoms with van der Waals surface area (Å²) in [6, 6.07) is 7.63. The predicted octanol–water partition coefficient (Wildman–Crippen LogP) is 2.11. The molecule has 1 aromatic heterocycles. The Bertz CT molecular complexity index is 651. The molecule has 1 fully saturated rings. The van der Waals surface area contributed by atoms with E-state index in [1.807, 2.05) is 38.2 Å². The second-order valence-corrected chi connectivity index (χ2v) is 5.80. The molecular formula is C16H22ClN5O. The van der Waals surface area contributed by atoms with Gasteiger partial charge >= 0.3 is 0 Å².